The molecule has 0 fully saturated rings. The van der Waals surface area contributed by atoms with E-state index in [0.29, 0.717) is 0 Å². The standard InChI is InChI=1S/C11H16BrNO/c1-7(2)14-11-5-4-9(12)6-10(11)8(3)13/h4-8H,13H2,1-3H3. The van der Waals surface area contributed by atoms with Crippen molar-refractivity contribution in [2.45, 2.75) is 32.9 Å². The molecule has 0 bridgehead atoms. The van der Waals surface area contributed by atoms with Crippen molar-refractivity contribution < 1.29 is 4.74 Å². The minimum Gasteiger partial charge on any atom is -0.491 e. The van der Waals surface area contributed by atoms with E-state index in [1.54, 1.807) is 0 Å². The van der Waals surface area contributed by atoms with E-state index in [1.165, 1.54) is 0 Å². The van der Waals surface area contributed by atoms with E-state index in [9.17, 15) is 0 Å². The Morgan fingerprint density at radius 2 is 1.93 bits per heavy atom. The van der Waals surface area contributed by atoms with E-state index in [1.807, 2.05) is 39.0 Å². The number of hydrogen-bond donors (Lipinski definition) is 1. The van der Waals surface area contributed by atoms with Crippen LogP contribution in [0.25, 0.3) is 0 Å². The van der Waals surface area contributed by atoms with Crippen LogP contribution in [0.3, 0.4) is 0 Å². The molecular weight excluding hydrogens is 242 g/mol. The SMILES string of the molecule is CC(C)Oc1ccc(Br)cc1C(C)N. The summed E-state index contributed by atoms with van der Waals surface area (Å²) in [5, 5.41) is 0. The summed E-state index contributed by atoms with van der Waals surface area (Å²) in [7, 11) is 0. The molecule has 0 heterocycles. The van der Waals surface area contributed by atoms with E-state index < -0.39 is 0 Å². The zero-order chi connectivity index (χ0) is 10.7. The van der Waals surface area contributed by atoms with Crippen LogP contribution in [0.1, 0.15) is 32.4 Å². The molecule has 0 amide bonds. The number of ether oxygens (including phenoxy) is 1. The van der Waals surface area contributed by atoms with Crippen LogP contribution in [0.5, 0.6) is 5.75 Å². The van der Waals surface area contributed by atoms with Gasteiger partial charge in [0.05, 0.1) is 6.10 Å². The molecule has 78 valence electrons. The van der Waals surface area contributed by atoms with Gasteiger partial charge in [-0.15, -0.1) is 0 Å². The predicted molar refractivity (Wildman–Crippen MR) is 62.5 cm³/mol. The molecule has 1 aromatic rings. The first-order valence-corrected chi connectivity index (χ1v) is 5.51. The van der Waals surface area contributed by atoms with Crippen molar-refractivity contribution in [1.29, 1.82) is 0 Å². The van der Waals surface area contributed by atoms with Gasteiger partial charge in [0, 0.05) is 16.1 Å². The molecule has 2 N–H and O–H groups in total. The van der Waals surface area contributed by atoms with Crippen molar-refractivity contribution in [1.82, 2.24) is 0 Å². The molecular formula is C11H16BrNO. The Morgan fingerprint density at radius 3 is 2.43 bits per heavy atom. The summed E-state index contributed by atoms with van der Waals surface area (Å²) in [6.07, 6.45) is 0.175. The highest BCUT2D eigenvalue weighted by atomic mass is 79.9. The van der Waals surface area contributed by atoms with Gasteiger partial charge in [-0.3, -0.25) is 0 Å². The Morgan fingerprint density at radius 1 is 1.29 bits per heavy atom. The fourth-order valence-corrected chi connectivity index (χ4v) is 1.62. The monoisotopic (exact) mass is 257 g/mol. The van der Waals surface area contributed by atoms with Crippen LogP contribution in [-0.2, 0) is 0 Å². The highest BCUT2D eigenvalue weighted by molar-refractivity contribution is 9.10. The van der Waals surface area contributed by atoms with Crippen LogP contribution in [0.15, 0.2) is 22.7 Å². The van der Waals surface area contributed by atoms with Crippen LogP contribution < -0.4 is 10.5 Å². The molecule has 0 aliphatic heterocycles. The maximum atomic E-state index is 5.86. The Bertz CT molecular complexity index is 310. The van der Waals surface area contributed by atoms with Crippen LogP contribution in [0.4, 0.5) is 0 Å². The molecule has 3 heteroatoms. The normalized spacial score (nSPS) is 13.0. The average Bonchev–Trinajstić information content (AvgIpc) is 2.07. The smallest absolute Gasteiger partial charge is 0.124 e. The van der Waals surface area contributed by atoms with Crippen molar-refractivity contribution in [2.24, 2.45) is 5.73 Å². The number of rotatable bonds is 3. The number of hydrogen-bond acceptors (Lipinski definition) is 2. The summed E-state index contributed by atoms with van der Waals surface area (Å²) < 4.78 is 6.69. The molecule has 0 aromatic heterocycles. The zero-order valence-corrected chi connectivity index (χ0v) is 10.3. The first-order valence-electron chi connectivity index (χ1n) is 4.72. The van der Waals surface area contributed by atoms with Crippen LogP contribution in [-0.4, -0.2) is 6.10 Å². The topological polar surface area (TPSA) is 35.2 Å². The summed E-state index contributed by atoms with van der Waals surface area (Å²) in [5.74, 6) is 0.873. The Balaban J connectivity index is 3.02. The summed E-state index contributed by atoms with van der Waals surface area (Å²) in [4.78, 5) is 0. The molecule has 0 saturated carbocycles. The highest BCUT2D eigenvalue weighted by Crippen LogP contribution is 2.28. The third kappa shape index (κ3) is 3.00. The molecule has 0 radical (unpaired) electrons. The summed E-state index contributed by atoms with van der Waals surface area (Å²) >= 11 is 3.42. The second-order valence-corrected chi connectivity index (χ2v) is 4.55. The van der Waals surface area contributed by atoms with Crippen molar-refractivity contribution in [2.75, 3.05) is 0 Å². The average molecular weight is 258 g/mol. The van der Waals surface area contributed by atoms with Gasteiger partial charge in [0.2, 0.25) is 0 Å². The molecule has 14 heavy (non-hydrogen) atoms. The van der Waals surface area contributed by atoms with Crippen molar-refractivity contribution in [3.63, 3.8) is 0 Å². The van der Waals surface area contributed by atoms with E-state index >= 15 is 0 Å². The largest absolute Gasteiger partial charge is 0.491 e. The number of halogens is 1. The molecule has 1 rings (SSSR count). The highest BCUT2D eigenvalue weighted by Gasteiger charge is 2.09. The van der Waals surface area contributed by atoms with Gasteiger partial charge in [-0.25, -0.2) is 0 Å². The molecule has 0 aliphatic rings. The van der Waals surface area contributed by atoms with Gasteiger partial charge >= 0.3 is 0 Å². The molecule has 0 aliphatic carbocycles. The summed E-state index contributed by atoms with van der Waals surface area (Å²) in [5.41, 5.74) is 6.89. The summed E-state index contributed by atoms with van der Waals surface area (Å²) in [6.45, 7) is 5.97. The third-order valence-corrected chi connectivity index (χ3v) is 2.32. The number of nitrogens with two attached hydrogens (primary N) is 1. The minimum atomic E-state index is -0.0127. The fraction of sp³-hybridized carbons (Fsp3) is 0.455. The molecule has 1 aromatic carbocycles. The van der Waals surface area contributed by atoms with Gasteiger partial charge in [0.25, 0.3) is 0 Å². The van der Waals surface area contributed by atoms with Gasteiger partial charge in [0.1, 0.15) is 5.75 Å². The summed E-state index contributed by atoms with van der Waals surface area (Å²) in [6, 6.07) is 5.90. The Kier molecular flexibility index (Phi) is 3.96. The van der Waals surface area contributed by atoms with E-state index in [0.717, 1.165) is 15.8 Å². The predicted octanol–water partition coefficient (Wildman–Crippen LogP) is 3.26. The third-order valence-electron chi connectivity index (χ3n) is 1.83. The van der Waals surface area contributed by atoms with E-state index in [4.69, 9.17) is 10.5 Å². The second-order valence-electron chi connectivity index (χ2n) is 3.64. The maximum Gasteiger partial charge on any atom is 0.124 e. The van der Waals surface area contributed by atoms with Gasteiger partial charge in [-0.05, 0) is 39.0 Å². The molecule has 0 spiro atoms. The number of benzene rings is 1. The lowest BCUT2D eigenvalue weighted by molar-refractivity contribution is 0.239. The molecule has 2 nitrogen and oxygen atoms in total. The van der Waals surface area contributed by atoms with Crippen molar-refractivity contribution in [3.05, 3.63) is 28.2 Å². The van der Waals surface area contributed by atoms with Crippen LogP contribution >= 0.6 is 15.9 Å². The second kappa shape index (κ2) is 4.80. The zero-order valence-electron chi connectivity index (χ0n) is 8.75. The lowest BCUT2D eigenvalue weighted by atomic mass is 10.1. The van der Waals surface area contributed by atoms with Gasteiger partial charge < -0.3 is 10.5 Å². The first-order chi connectivity index (χ1) is 6.50. The molecule has 0 saturated heterocycles. The van der Waals surface area contributed by atoms with E-state index in [-0.39, 0.29) is 12.1 Å². The van der Waals surface area contributed by atoms with Crippen LogP contribution in [0, 0.1) is 0 Å². The van der Waals surface area contributed by atoms with Gasteiger partial charge in [-0.1, -0.05) is 15.9 Å². The molecule has 1 unspecified atom stereocenters. The minimum absolute atomic E-state index is 0.0127. The van der Waals surface area contributed by atoms with Crippen LogP contribution in [0.2, 0.25) is 0 Å². The van der Waals surface area contributed by atoms with Crippen molar-refractivity contribution in [3.8, 4) is 5.75 Å². The van der Waals surface area contributed by atoms with E-state index in [2.05, 4.69) is 15.9 Å². The lowest BCUT2D eigenvalue weighted by Gasteiger charge is -2.16. The van der Waals surface area contributed by atoms with Gasteiger partial charge in [0.15, 0.2) is 0 Å². The Hall–Kier alpha value is -0.540. The first kappa shape index (κ1) is 11.5. The Labute approximate surface area is 93.6 Å². The fourth-order valence-electron chi connectivity index (χ4n) is 1.24. The quantitative estimate of drug-likeness (QED) is 0.903. The van der Waals surface area contributed by atoms with Crippen molar-refractivity contribution >= 4 is 15.9 Å². The maximum absolute atomic E-state index is 5.86. The van der Waals surface area contributed by atoms with Gasteiger partial charge in [-0.2, -0.15) is 0 Å². The lowest BCUT2D eigenvalue weighted by Crippen LogP contribution is -2.12. The molecule has 1 atom stereocenters.